The zero-order chi connectivity index (χ0) is 19.9. The topological polar surface area (TPSA) is 78.0 Å². The van der Waals surface area contributed by atoms with Crippen molar-refractivity contribution in [2.75, 3.05) is 0 Å². The van der Waals surface area contributed by atoms with Crippen molar-refractivity contribution in [1.29, 1.82) is 0 Å². The van der Waals surface area contributed by atoms with E-state index in [1.165, 1.54) is 22.2 Å². The number of hydrogen-bond donors (Lipinski definition) is 1. The summed E-state index contributed by atoms with van der Waals surface area (Å²) >= 11 is 2.94. The Bertz CT molecular complexity index is 924. The highest BCUT2D eigenvalue weighted by Gasteiger charge is 2.32. The van der Waals surface area contributed by atoms with E-state index in [2.05, 4.69) is 20.8 Å². The van der Waals surface area contributed by atoms with Gasteiger partial charge in [0.1, 0.15) is 4.83 Å². The molecule has 2 N–H and O–H groups in total. The normalized spacial score (nSPS) is 18.5. The molecule has 0 aromatic carbocycles. The predicted molar refractivity (Wildman–Crippen MR) is 114 cm³/mol. The fourth-order valence-electron chi connectivity index (χ4n) is 3.71. The first-order valence-corrected chi connectivity index (χ1v) is 11.3. The molecule has 1 amide bonds. The number of thiophene rings is 1. The van der Waals surface area contributed by atoms with Gasteiger partial charge in [0.15, 0.2) is 5.16 Å². The van der Waals surface area contributed by atoms with Gasteiger partial charge in [-0.15, -0.1) is 11.3 Å². The second-order valence-corrected chi connectivity index (χ2v) is 10.9. The van der Waals surface area contributed by atoms with Crippen molar-refractivity contribution in [3.63, 3.8) is 0 Å². The van der Waals surface area contributed by atoms with Crippen molar-refractivity contribution in [3.05, 3.63) is 20.8 Å². The molecule has 148 valence electrons. The first-order valence-electron chi connectivity index (χ1n) is 9.64. The number of aryl methyl sites for hydroxylation is 1. The van der Waals surface area contributed by atoms with Crippen molar-refractivity contribution < 1.29 is 4.79 Å². The Balaban J connectivity index is 2.11. The Labute approximate surface area is 168 Å². The van der Waals surface area contributed by atoms with Crippen LogP contribution in [-0.4, -0.2) is 20.7 Å². The fourth-order valence-corrected chi connectivity index (χ4v) is 5.93. The molecule has 0 saturated heterocycles. The van der Waals surface area contributed by atoms with Crippen LogP contribution in [0.5, 0.6) is 0 Å². The van der Waals surface area contributed by atoms with Crippen molar-refractivity contribution >= 4 is 39.2 Å². The Morgan fingerprint density at radius 3 is 2.74 bits per heavy atom. The molecule has 3 rings (SSSR count). The summed E-state index contributed by atoms with van der Waals surface area (Å²) in [6.45, 7) is 11.3. The maximum absolute atomic E-state index is 13.3. The number of amides is 1. The van der Waals surface area contributed by atoms with Gasteiger partial charge < -0.3 is 5.73 Å². The number of thioether (sulfide) groups is 1. The molecular weight excluding hydrogens is 378 g/mol. The van der Waals surface area contributed by atoms with Crippen LogP contribution in [0.4, 0.5) is 0 Å². The SMILES string of the molecule is CCCn1c(S[C@H](C)C(N)=O)nc2sc3c(c2c1=O)CC[C@H](C(C)(C)C)C3. The van der Waals surface area contributed by atoms with Gasteiger partial charge in [-0.2, -0.15) is 0 Å². The highest BCUT2D eigenvalue weighted by molar-refractivity contribution is 8.00. The lowest BCUT2D eigenvalue weighted by Gasteiger charge is -2.33. The van der Waals surface area contributed by atoms with Crippen molar-refractivity contribution in [1.82, 2.24) is 9.55 Å². The molecule has 1 aliphatic carbocycles. The Morgan fingerprint density at radius 2 is 2.15 bits per heavy atom. The third-order valence-electron chi connectivity index (χ3n) is 5.49. The highest BCUT2D eigenvalue weighted by atomic mass is 32.2. The Morgan fingerprint density at radius 1 is 1.44 bits per heavy atom. The lowest BCUT2D eigenvalue weighted by Crippen LogP contribution is -2.28. The molecule has 0 aliphatic heterocycles. The molecule has 0 radical (unpaired) electrons. The van der Waals surface area contributed by atoms with Crippen LogP contribution in [0.15, 0.2) is 9.95 Å². The minimum atomic E-state index is -0.419. The first kappa shape index (κ1) is 20.4. The van der Waals surface area contributed by atoms with Crippen LogP contribution >= 0.6 is 23.1 Å². The smallest absolute Gasteiger partial charge is 0.263 e. The Kier molecular flexibility index (Phi) is 5.73. The minimum absolute atomic E-state index is 0.0349. The van der Waals surface area contributed by atoms with Gasteiger partial charge in [0.05, 0.1) is 10.6 Å². The number of nitrogens with zero attached hydrogens (tertiary/aromatic N) is 2. The number of carbonyl (C=O) groups excluding carboxylic acids is 1. The van der Waals surface area contributed by atoms with Crippen LogP contribution < -0.4 is 11.3 Å². The van der Waals surface area contributed by atoms with Crippen molar-refractivity contribution in [2.45, 2.75) is 77.3 Å². The average Bonchev–Trinajstić information content (AvgIpc) is 2.94. The van der Waals surface area contributed by atoms with Crippen LogP contribution in [0.2, 0.25) is 0 Å². The van der Waals surface area contributed by atoms with E-state index in [-0.39, 0.29) is 11.0 Å². The van der Waals surface area contributed by atoms with E-state index >= 15 is 0 Å². The number of carbonyl (C=O) groups is 1. The van der Waals surface area contributed by atoms with Crippen molar-refractivity contribution in [2.24, 2.45) is 17.1 Å². The summed E-state index contributed by atoms with van der Waals surface area (Å²) in [6, 6.07) is 0. The van der Waals surface area contributed by atoms with E-state index in [1.807, 2.05) is 6.92 Å². The monoisotopic (exact) mass is 407 g/mol. The second kappa shape index (κ2) is 7.59. The van der Waals surface area contributed by atoms with Gasteiger partial charge in [-0.1, -0.05) is 39.5 Å². The van der Waals surface area contributed by atoms with Gasteiger partial charge in [0.25, 0.3) is 5.56 Å². The molecule has 0 bridgehead atoms. The zero-order valence-electron chi connectivity index (χ0n) is 16.8. The van der Waals surface area contributed by atoms with Gasteiger partial charge in [-0.3, -0.25) is 14.2 Å². The summed E-state index contributed by atoms with van der Waals surface area (Å²) in [5.41, 5.74) is 6.93. The molecule has 2 aromatic heterocycles. The average molecular weight is 408 g/mol. The summed E-state index contributed by atoms with van der Waals surface area (Å²) < 4.78 is 1.73. The van der Waals surface area contributed by atoms with E-state index in [9.17, 15) is 9.59 Å². The lowest BCUT2D eigenvalue weighted by molar-refractivity contribution is -0.117. The fraction of sp³-hybridized carbons (Fsp3) is 0.650. The highest BCUT2D eigenvalue weighted by Crippen LogP contribution is 2.42. The number of fused-ring (bicyclic) bond motifs is 3. The minimum Gasteiger partial charge on any atom is -0.369 e. The standard InChI is InChI=1S/C20H29N3O2S2/c1-6-9-23-18(25)15-13-8-7-12(20(3,4)5)10-14(13)27-17(15)22-19(23)26-11(2)16(21)24/h11-12H,6-10H2,1-5H3,(H2,21,24)/t11-,12+/m1/s1. The van der Waals surface area contributed by atoms with E-state index in [0.717, 1.165) is 35.9 Å². The largest absolute Gasteiger partial charge is 0.369 e. The van der Waals surface area contributed by atoms with E-state index in [0.29, 0.717) is 17.6 Å². The molecule has 0 fully saturated rings. The zero-order valence-corrected chi connectivity index (χ0v) is 18.4. The third-order valence-corrected chi connectivity index (χ3v) is 7.75. The Hall–Kier alpha value is -1.34. The molecule has 2 aromatic rings. The summed E-state index contributed by atoms with van der Waals surface area (Å²) in [5, 5.41) is 0.982. The number of hydrogen-bond acceptors (Lipinski definition) is 5. The van der Waals surface area contributed by atoms with Gasteiger partial charge in [-0.05, 0) is 49.5 Å². The molecule has 5 nitrogen and oxygen atoms in total. The second-order valence-electron chi connectivity index (χ2n) is 8.50. The number of primary amides is 1. The molecule has 2 atom stereocenters. The van der Waals surface area contributed by atoms with Crippen LogP contribution in [-0.2, 0) is 24.2 Å². The van der Waals surface area contributed by atoms with Gasteiger partial charge in [-0.25, -0.2) is 4.98 Å². The van der Waals surface area contributed by atoms with E-state index in [4.69, 9.17) is 10.7 Å². The van der Waals surface area contributed by atoms with Gasteiger partial charge >= 0.3 is 0 Å². The summed E-state index contributed by atoms with van der Waals surface area (Å²) in [6.07, 6.45) is 3.92. The molecule has 2 heterocycles. The lowest BCUT2D eigenvalue weighted by atomic mass is 9.72. The van der Waals surface area contributed by atoms with Crippen molar-refractivity contribution in [3.8, 4) is 0 Å². The molecule has 0 spiro atoms. The van der Waals surface area contributed by atoms with Gasteiger partial charge in [0, 0.05) is 11.4 Å². The van der Waals surface area contributed by atoms with Crippen LogP contribution in [0.3, 0.4) is 0 Å². The molecular formula is C20H29N3O2S2. The maximum Gasteiger partial charge on any atom is 0.263 e. The third kappa shape index (κ3) is 3.94. The molecule has 0 unspecified atom stereocenters. The van der Waals surface area contributed by atoms with E-state index in [1.54, 1.807) is 22.8 Å². The maximum atomic E-state index is 13.3. The quantitative estimate of drug-likeness (QED) is 0.600. The molecule has 0 saturated carbocycles. The van der Waals surface area contributed by atoms with Gasteiger partial charge in [0.2, 0.25) is 5.91 Å². The molecule has 7 heteroatoms. The van der Waals surface area contributed by atoms with Crippen LogP contribution in [0.25, 0.3) is 10.2 Å². The van der Waals surface area contributed by atoms with E-state index < -0.39 is 11.2 Å². The van der Waals surface area contributed by atoms with Crippen LogP contribution in [0, 0.1) is 11.3 Å². The summed E-state index contributed by atoms with van der Waals surface area (Å²) in [4.78, 5) is 31.7. The molecule has 1 aliphatic rings. The number of nitrogens with two attached hydrogens (primary N) is 1. The number of rotatable bonds is 5. The predicted octanol–water partition coefficient (Wildman–Crippen LogP) is 3.98. The molecule has 27 heavy (non-hydrogen) atoms. The van der Waals surface area contributed by atoms with Crippen LogP contribution in [0.1, 0.15) is 57.9 Å². The summed E-state index contributed by atoms with van der Waals surface area (Å²) in [7, 11) is 0. The summed E-state index contributed by atoms with van der Waals surface area (Å²) in [5.74, 6) is 0.232. The number of aromatic nitrogens is 2. The first-order chi connectivity index (χ1) is 12.6.